The average Bonchev–Trinajstić information content (AvgIpc) is 3.20. The SMILES string of the molecule is CC(C(=O)N1CCC2(CC1)OCCO2)n1sc2ccccc2c1=O. The maximum absolute atomic E-state index is 12.8. The van der Waals surface area contributed by atoms with Gasteiger partial charge in [0.2, 0.25) is 5.91 Å². The fourth-order valence-electron chi connectivity index (χ4n) is 3.46. The number of carbonyl (C=O) groups excluding carboxylic acids is 1. The number of ether oxygens (including phenoxy) is 2. The molecule has 0 aliphatic carbocycles. The summed E-state index contributed by atoms with van der Waals surface area (Å²) in [6.07, 6.45) is 1.37. The highest BCUT2D eigenvalue weighted by molar-refractivity contribution is 7.14. The van der Waals surface area contributed by atoms with Gasteiger partial charge in [0.05, 0.1) is 23.3 Å². The van der Waals surface area contributed by atoms with Gasteiger partial charge < -0.3 is 14.4 Å². The average molecular weight is 348 g/mol. The predicted octanol–water partition coefficient (Wildman–Crippen LogP) is 1.99. The Balaban J connectivity index is 1.51. The largest absolute Gasteiger partial charge is 0.347 e. The highest BCUT2D eigenvalue weighted by Gasteiger charge is 2.41. The lowest BCUT2D eigenvalue weighted by Gasteiger charge is -2.38. The van der Waals surface area contributed by atoms with Gasteiger partial charge >= 0.3 is 0 Å². The van der Waals surface area contributed by atoms with Crippen LogP contribution in [0.15, 0.2) is 29.1 Å². The lowest BCUT2D eigenvalue weighted by molar-refractivity contribution is -0.188. The van der Waals surface area contributed by atoms with Crippen LogP contribution in [0.1, 0.15) is 25.8 Å². The van der Waals surface area contributed by atoms with E-state index in [1.54, 1.807) is 16.9 Å². The molecule has 0 radical (unpaired) electrons. The van der Waals surface area contributed by atoms with Gasteiger partial charge in [0, 0.05) is 25.9 Å². The summed E-state index contributed by atoms with van der Waals surface area (Å²) in [5.74, 6) is -0.509. The highest BCUT2D eigenvalue weighted by Crippen LogP contribution is 2.32. The minimum absolute atomic E-state index is 0.0171. The molecule has 0 N–H and O–H groups in total. The molecule has 0 bridgehead atoms. The van der Waals surface area contributed by atoms with Gasteiger partial charge in [0.15, 0.2) is 5.79 Å². The van der Waals surface area contributed by atoms with Gasteiger partial charge in [-0.05, 0) is 19.1 Å². The predicted molar refractivity (Wildman–Crippen MR) is 91.2 cm³/mol. The Hall–Kier alpha value is -1.70. The van der Waals surface area contributed by atoms with Crippen molar-refractivity contribution in [2.45, 2.75) is 31.6 Å². The molecule has 1 atom stereocenters. The number of carbonyl (C=O) groups is 1. The fraction of sp³-hybridized carbons (Fsp3) is 0.529. The summed E-state index contributed by atoms with van der Waals surface area (Å²) in [6, 6.07) is 6.98. The number of fused-ring (bicyclic) bond motifs is 1. The minimum atomic E-state index is -0.492. The van der Waals surface area contributed by atoms with Crippen molar-refractivity contribution in [3.8, 4) is 0 Å². The van der Waals surface area contributed by atoms with E-state index in [-0.39, 0.29) is 11.5 Å². The van der Waals surface area contributed by atoms with Gasteiger partial charge in [-0.15, -0.1) is 0 Å². The van der Waals surface area contributed by atoms with Crippen molar-refractivity contribution < 1.29 is 14.3 Å². The number of hydrogen-bond donors (Lipinski definition) is 0. The number of hydrogen-bond acceptors (Lipinski definition) is 5. The van der Waals surface area contributed by atoms with E-state index in [1.807, 2.05) is 23.1 Å². The maximum atomic E-state index is 12.8. The monoisotopic (exact) mass is 348 g/mol. The van der Waals surface area contributed by atoms with Crippen LogP contribution in [-0.2, 0) is 14.3 Å². The topological polar surface area (TPSA) is 60.8 Å². The van der Waals surface area contributed by atoms with Crippen molar-refractivity contribution in [3.63, 3.8) is 0 Å². The number of nitrogens with zero attached hydrogens (tertiary/aromatic N) is 2. The van der Waals surface area contributed by atoms with E-state index in [4.69, 9.17) is 9.47 Å². The fourth-order valence-corrected chi connectivity index (χ4v) is 4.50. The number of rotatable bonds is 2. The molecule has 3 heterocycles. The van der Waals surface area contributed by atoms with E-state index in [9.17, 15) is 9.59 Å². The summed E-state index contributed by atoms with van der Waals surface area (Å²) in [7, 11) is 0. The Morgan fingerprint density at radius 2 is 1.88 bits per heavy atom. The van der Waals surface area contributed by atoms with Crippen molar-refractivity contribution in [1.82, 2.24) is 8.86 Å². The second-order valence-corrected chi connectivity index (χ2v) is 7.34. The summed E-state index contributed by atoms with van der Waals surface area (Å²) < 4.78 is 13.9. The molecule has 0 saturated carbocycles. The number of aromatic nitrogens is 1. The highest BCUT2D eigenvalue weighted by atomic mass is 32.1. The lowest BCUT2D eigenvalue weighted by Crippen LogP contribution is -2.49. The molecule has 4 rings (SSSR count). The molecule has 1 aromatic heterocycles. The first-order valence-corrected chi connectivity index (χ1v) is 9.04. The van der Waals surface area contributed by atoms with Gasteiger partial charge in [0.25, 0.3) is 5.56 Å². The van der Waals surface area contributed by atoms with Crippen molar-refractivity contribution >= 4 is 27.5 Å². The second kappa shape index (κ2) is 5.98. The zero-order valence-electron chi connectivity index (χ0n) is 13.6. The third kappa shape index (κ3) is 2.56. The van der Waals surface area contributed by atoms with Gasteiger partial charge in [-0.2, -0.15) is 0 Å². The van der Waals surface area contributed by atoms with Crippen molar-refractivity contribution in [2.24, 2.45) is 0 Å². The number of amides is 1. The summed E-state index contributed by atoms with van der Waals surface area (Å²) >= 11 is 1.35. The third-order valence-electron chi connectivity index (χ3n) is 4.87. The van der Waals surface area contributed by atoms with E-state index in [0.29, 0.717) is 44.5 Å². The Labute approximate surface area is 143 Å². The second-order valence-electron chi connectivity index (χ2n) is 6.33. The number of benzene rings is 1. The molecule has 1 aromatic carbocycles. The van der Waals surface area contributed by atoms with Crippen LogP contribution in [-0.4, -0.2) is 46.9 Å². The molecule has 2 aliphatic heterocycles. The first-order chi connectivity index (χ1) is 11.6. The molecular formula is C17H20N2O4S. The summed E-state index contributed by atoms with van der Waals surface area (Å²) in [4.78, 5) is 27.2. The summed E-state index contributed by atoms with van der Waals surface area (Å²) in [5, 5.41) is 0.674. The van der Waals surface area contributed by atoms with Crippen molar-refractivity contribution in [3.05, 3.63) is 34.6 Å². The van der Waals surface area contributed by atoms with Crippen LogP contribution < -0.4 is 5.56 Å². The molecule has 1 amide bonds. The summed E-state index contributed by atoms with van der Waals surface area (Å²) in [6.45, 7) is 4.25. The van der Waals surface area contributed by atoms with E-state index in [2.05, 4.69) is 0 Å². The van der Waals surface area contributed by atoms with E-state index >= 15 is 0 Å². The van der Waals surface area contributed by atoms with E-state index in [0.717, 1.165) is 4.70 Å². The van der Waals surface area contributed by atoms with Crippen LogP contribution in [0, 0.1) is 0 Å². The molecule has 2 aliphatic rings. The van der Waals surface area contributed by atoms with Gasteiger partial charge in [0.1, 0.15) is 6.04 Å². The Kier molecular flexibility index (Phi) is 3.94. The first kappa shape index (κ1) is 15.8. The molecule has 2 saturated heterocycles. The molecule has 24 heavy (non-hydrogen) atoms. The molecule has 1 unspecified atom stereocenters. The molecule has 2 fully saturated rings. The van der Waals surface area contributed by atoms with E-state index < -0.39 is 11.8 Å². The number of likely N-dealkylation sites (tertiary alicyclic amines) is 1. The minimum Gasteiger partial charge on any atom is -0.347 e. The Bertz CT molecular complexity index is 811. The number of piperidine rings is 1. The Morgan fingerprint density at radius 3 is 2.54 bits per heavy atom. The van der Waals surface area contributed by atoms with Crippen molar-refractivity contribution in [2.75, 3.05) is 26.3 Å². The maximum Gasteiger partial charge on any atom is 0.269 e. The molecule has 2 aromatic rings. The Morgan fingerprint density at radius 1 is 1.21 bits per heavy atom. The van der Waals surface area contributed by atoms with Crippen molar-refractivity contribution in [1.29, 1.82) is 0 Å². The van der Waals surface area contributed by atoms with E-state index in [1.165, 1.54) is 11.5 Å². The molecule has 6 nitrogen and oxygen atoms in total. The van der Waals surface area contributed by atoms with Crippen LogP contribution in [0.4, 0.5) is 0 Å². The van der Waals surface area contributed by atoms with Gasteiger partial charge in [-0.3, -0.25) is 13.5 Å². The standard InChI is InChI=1S/C17H20N2O4S/c1-12(19-16(21)13-4-2-3-5-14(13)24-19)15(20)18-8-6-17(7-9-18)22-10-11-23-17/h2-5,12H,6-11H2,1H3. The molecule has 1 spiro atoms. The van der Waals surface area contributed by atoms with Crippen LogP contribution >= 0.6 is 11.5 Å². The van der Waals surface area contributed by atoms with Gasteiger partial charge in [-0.1, -0.05) is 23.7 Å². The quantitative estimate of drug-likeness (QED) is 0.833. The molecule has 128 valence electrons. The van der Waals surface area contributed by atoms with Gasteiger partial charge in [-0.25, -0.2) is 0 Å². The lowest BCUT2D eigenvalue weighted by atomic mass is 10.0. The van der Waals surface area contributed by atoms with Crippen LogP contribution in [0.2, 0.25) is 0 Å². The molecular weight excluding hydrogens is 328 g/mol. The first-order valence-electron chi connectivity index (χ1n) is 8.27. The van der Waals surface area contributed by atoms with Crippen LogP contribution in [0.25, 0.3) is 10.1 Å². The summed E-state index contributed by atoms with van der Waals surface area (Å²) in [5.41, 5.74) is -0.0904. The normalized spacial score (nSPS) is 21.5. The van der Waals surface area contributed by atoms with Crippen LogP contribution in [0.3, 0.4) is 0 Å². The third-order valence-corrected chi connectivity index (χ3v) is 6.11. The zero-order chi connectivity index (χ0) is 16.7. The molecule has 7 heteroatoms. The van der Waals surface area contributed by atoms with Crippen LogP contribution in [0.5, 0.6) is 0 Å². The zero-order valence-corrected chi connectivity index (χ0v) is 14.4. The smallest absolute Gasteiger partial charge is 0.269 e.